The Morgan fingerprint density at radius 3 is 2.63 bits per heavy atom. The van der Waals surface area contributed by atoms with E-state index in [0.717, 1.165) is 12.3 Å². The van der Waals surface area contributed by atoms with Gasteiger partial charge in [0.2, 0.25) is 0 Å². The summed E-state index contributed by atoms with van der Waals surface area (Å²) in [6.45, 7) is 0.422. The Labute approximate surface area is 107 Å². The zero-order valence-corrected chi connectivity index (χ0v) is 10.1. The van der Waals surface area contributed by atoms with Crippen molar-refractivity contribution in [2.75, 3.05) is 6.61 Å². The molecule has 2 unspecified atom stereocenters. The van der Waals surface area contributed by atoms with E-state index in [-0.39, 0.29) is 5.76 Å². The Hall–Kier alpha value is -1.53. The molecular formula is C13H13F3O3. The Bertz CT molecular complexity index is 514. The fourth-order valence-corrected chi connectivity index (χ4v) is 1.58. The molecule has 2 aromatic rings. The molecule has 0 bridgehead atoms. The standard InChI is InChI=1S/C13H13F3O3/c1-8(13(14,15)16)18-7-10(17)12-6-9-4-2-3-5-11(9)19-12/h2-6,8,10,17H,7H2,1H3. The van der Waals surface area contributed by atoms with Crippen LogP contribution in [0.25, 0.3) is 11.0 Å². The van der Waals surface area contributed by atoms with Crippen LogP contribution in [0.2, 0.25) is 0 Å². The van der Waals surface area contributed by atoms with E-state index in [1.807, 2.05) is 0 Å². The topological polar surface area (TPSA) is 42.6 Å². The molecule has 2 rings (SSSR count). The molecule has 1 N–H and O–H groups in total. The fourth-order valence-electron chi connectivity index (χ4n) is 1.58. The minimum absolute atomic E-state index is 0.190. The van der Waals surface area contributed by atoms with Gasteiger partial charge in [-0.2, -0.15) is 13.2 Å². The van der Waals surface area contributed by atoms with Crippen LogP contribution in [-0.4, -0.2) is 24.0 Å². The van der Waals surface area contributed by atoms with Crippen molar-refractivity contribution in [1.29, 1.82) is 0 Å². The molecule has 0 fully saturated rings. The van der Waals surface area contributed by atoms with Gasteiger partial charge < -0.3 is 14.3 Å². The van der Waals surface area contributed by atoms with Crippen LogP contribution in [0.3, 0.4) is 0 Å². The van der Waals surface area contributed by atoms with Crippen molar-refractivity contribution in [2.45, 2.75) is 25.3 Å². The van der Waals surface area contributed by atoms with Gasteiger partial charge >= 0.3 is 6.18 Å². The van der Waals surface area contributed by atoms with Gasteiger partial charge in [0.25, 0.3) is 0 Å². The summed E-state index contributed by atoms with van der Waals surface area (Å²) in [6.07, 6.45) is -7.59. The van der Waals surface area contributed by atoms with Crippen LogP contribution < -0.4 is 0 Å². The Morgan fingerprint density at radius 1 is 1.32 bits per heavy atom. The number of ether oxygens (including phenoxy) is 1. The number of para-hydroxylation sites is 1. The molecule has 1 aromatic carbocycles. The maximum Gasteiger partial charge on any atom is 0.414 e. The molecule has 0 aliphatic rings. The minimum Gasteiger partial charge on any atom is -0.458 e. The Morgan fingerprint density at radius 2 is 2.00 bits per heavy atom. The largest absolute Gasteiger partial charge is 0.458 e. The number of alkyl halides is 3. The number of fused-ring (bicyclic) bond motifs is 1. The molecule has 0 aliphatic heterocycles. The smallest absolute Gasteiger partial charge is 0.414 e. The summed E-state index contributed by atoms with van der Waals surface area (Å²) in [5, 5.41) is 10.5. The monoisotopic (exact) mass is 274 g/mol. The molecule has 6 heteroatoms. The second kappa shape index (κ2) is 5.22. The quantitative estimate of drug-likeness (QED) is 0.928. The first-order valence-electron chi connectivity index (χ1n) is 5.73. The number of hydrogen-bond donors (Lipinski definition) is 1. The maximum atomic E-state index is 12.2. The molecule has 0 saturated heterocycles. The van der Waals surface area contributed by atoms with E-state index >= 15 is 0 Å². The van der Waals surface area contributed by atoms with E-state index < -0.39 is 25.0 Å². The minimum atomic E-state index is -4.44. The summed E-state index contributed by atoms with van der Waals surface area (Å²) in [5.74, 6) is 0.190. The van der Waals surface area contributed by atoms with E-state index in [1.54, 1.807) is 30.3 Å². The predicted octanol–water partition coefficient (Wildman–Crippen LogP) is 3.43. The summed E-state index contributed by atoms with van der Waals surface area (Å²) < 4.78 is 46.6. The second-order valence-electron chi connectivity index (χ2n) is 4.22. The first kappa shape index (κ1) is 13.9. The number of furan rings is 1. The highest BCUT2D eigenvalue weighted by molar-refractivity contribution is 5.77. The molecule has 0 aliphatic carbocycles. The molecule has 0 amide bonds. The third-order valence-electron chi connectivity index (χ3n) is 2.74. The normalized spacial score (nSPS) is 15.6. The van der Waals surface area contributed by atoms with Crippen molar-refractivity contribution >= 4 is 11.0 Å². The van der Waals surface area contributed by atoms with Crippen molar-refractivity contribution in [2.24, 2.45) is 0 Å². The van der Waals surface area contributed by atoms with Crippen LogP contribution in [-0.2, 0) is 4.74 Å². The highest BCUT2D eigenvalue weighted by Crippen LogP contribution is 2.26. The molecule has 0 radical (unpaired) electrons. The summed E-state index contributed by atoms with van der Waals surface area (Å²) >= 11 is 0. The van der Waals surface area contributed by atoms with Gasteiger partial charge in [-0.1, -0.05) is 18.2 Å². The van der Waals surface area contributed by atoms with Crippen LogP contribution in [0.4, 0.5) is 13.2 Å². The lowest BCUT2D eigenvalue weighted by Crippen LogP contribution is -2.30. The van der Waals surface area contributed by atoms with Gasteiger partial charge in [-0.25, -0.2) is 0 Å². The summed E-state index contributed by atoms with van der Waals surface area (Å²) in [5.41, 5.74) is 0.570. The van der Waals surface area contributed by atoms with Crippen molar-refractivity contribution in [1.82, 2.24) is 0 Å². The van der Waals surface area contributed by atoms with E-state index in [9.17, 15) is 18.3 Å². The van der Waals surface area contributed by atoms with E-state index in [2.05, 4.69) is 4.74 Å². The lowest BCUT2D eigenvalue weighted by atomic mass is 10.2. The highest BCUT2D eigenvalue weighted by Gasteiger charge is 2.37. The number of halogens is 3. The van der Waals surface area contributed by atoms with Crippen molar-refractivity contribution in [3.8, 4) is 0 Å². The van der Waals surface area contributed by atoms with Crippen molar-refractivity contribution < 1.29 is 27.4 Å². The molecule has 2 atom stereocenters. The predicted molar refractivity (Wildman–Crippen MR) is 62.6 cm³/mol. The van der Waals surface area contributed by atoms with Crippen LogP contribution in [0.15, 0.2) is 34.7 Å². The number of aliphatic hydroxyl groups is 1. The molecule has 0 saturated carbocycles. The summed E-state index contributed by atoms with van der Waals surface area (Å²) in [7, 11) is 0. The van der Waals surface area contributed by atoms with Gasteiger partial charge in [-0.15, -0.1) is 0 Å². The Kier molecular flexibility index (Phi) is 3.82. The first-order valence-corrected chi connectivity index (χ1v) is 5.73. The molecule has 1 aromatic heterocycles. The van der Waals surface area contributed by atoms with Gasteiger partial charge in [0.15, 0.2) is 6.10 Å². The zero-order chi connectivity index (χ0) is 14.0. The molecule has 104 valence electrons. The van der Waals surface area contributed by atoms with E-state index in [4.69, 9.17) is 4.42 Å². The summed E-state index contributed by atoms with van der Waals surface area (Å²) in [4.78, 5) is 0. The molecular weight excluding hydrogens is 261 g/mol. The third kappa shape index (κ3) is 3.27. The van der Waals surface area contributed by atoms with Gasteiger partial charge in [-0.3, -0.25) is 0 Å². The number of rotatable bonds is 4. The maximum absolute atomic E-state index is 12.2. The van der Waals surface area contributed by atoms with Crippen molar-refractivity contribution in [3.05, 3.63) is 36.1 Å². The number of hydrogen-bond acceptors (Lipinski definition) is 3. The van der Waals surface area contributed by atoms with Crippen LogP contribution in [0, 0.1) is 0 Å². The van der Waals surface area contributed by atoms with Crippen LogP contribution in [0.1, 0.15) is 18.8 Å². The molecule has 0 spiro atoms. The van der Waals surface area contributed by atoms with Gasteiger partial charge in [0.05, 0.1) is 6.61 Å². The summed E-state index contributed by atoms with van der Waals surface area (Å²) in [6, 6.07) is 8.65. The van der Waals surface area contributed by atoms with E-state index in [1.165, 1.54) is 0 Å². The molecule has 3 nitrogen and oxygen atoms in total. The fraction of sp³-hybridized carbons (Fsp3) is 0.385. The van der Waals surface area contributed by atoms with E-state index in [0.29, 0.717) is 5.58 Å². The van der Waals surface area contributed by atoms with Gasteiger partial charge in [0, 0.05) is 5.39 Å². The lowest BCUT2D eigenvalue weighted by molar-refractivity contribution is -0.220. The molecule has 19 heavy (non-hydrogen) atoms. The SMILES string of the molecule is CC(OCC(O)c1cc2ccccc2o1)C(F)(F)F. The number of aliphatic hydroxyl groups excluding tert-OH is 1. The number of benzene rings is 1. The van der Waals surface area contributed by atoms with Crippen LogP contribution in [0.5, 0.6) is 0 Å². The average Bonchev–Trinajstić information content (AvgIpc) is 2.78. The highest BCUT2D eigenvalue weighted by atomic mass is 19.4. The first-order chi connectivity index (χ1) is 8.88. The zero-order valence-electron chi connectivity index (χ0n) is 10.1. The third-order valence-corrected chi connectivity index (χ3v) is 2.74. The van der Waals surface area contributed by atoms with Gasteiger partial charge in [-0.05, 0) is 19.1 Å². The van der Waals surface area contributed by atoms with Gasteiger partial charge in [0.1, 0.15) is 17.4 Å². The average molecular weight is 274 g/mol. The van der Waals surface area contributed by atoms with Crippen molar-refractivity contribution in [3.63, 3.8) is 0 Å². The molecule has 1 heterocycles. The lowest BCUT2D eigenvalue weighted by Gasteiger charge is -2.17. The Balaban J connectivity index is 2.02. The second-order valence-corrected chi connectivity index (χ2v) is 4.22. The van der Waals surface area contributed by atoms with Crippen LogP contribution >= 0.6 is 0 Å².